The molecule has 0 fully saturated rings. The second-order valence-electron chi connectivity index (χ2n) is 14.5. The van der Waals surface area contributed by atoms with Crippen LogP contribution in [0.3, 0.4) is 0 Å². The van der Waals surface area contributed by atoms with Crippen LogP contribution in [-0.2, 0) is 5.41 Å². The van der Waals surface area contributed by atoms with Gasteiger partial charge >= 0.3 is 0 Å². The zero-order valence-corrected chi connectivity index (χ0v) is 31.0. The number of nitrogens with zero attached hydrogens (tertiary/aromatic N) is 3. The van der Waals surface area contributed by atoms with Gasteiger partial charge in [-0.25, -0.2) is 9.97 Å². The Kier molecular flexibility index (Phi) is 8.43. The first kappa shape index (κ1) is 33.9. The molecule has 0 aliphatic heterocycles. The van der Waals surface area contributed by atoms with Crippen molar-refractivity contribution >= 4 is 0 Å². The van der Waals surface area contributed by atoms with E-state index in [1.54, 1.807) is 0 Å². The van der Waals surface area contributed by atoms with Gasteiger partial charge in [0.2, 0.25) is 0 Å². The van der Waals surface area contributed by atoms with Gasteiger partial charge in [0.15, 0.2) is 5.82 Å². The molecule has 0 N–H and O–H groups in total. The Balaban J connectivity index is 1.10. The zero-order chi connectivity index (χ0) is 38.2. The second kappa shape index (κ2) is 14.2. The van der Waals surface area contributed by atoms with E-state index in [0.29, 0.717) is 11.4 Å². The minimum atomic E-state index is -0.561. The van der Waals surface area contributed by atoms with Crippen LogP contribution in [0.15, 0.2) is 212 Å². The van der Waals surface area contributed by atoms with Crippen molar-refractivity contribution < 1.29 is 0 Å². The largest absolute Gasteiger partial charge is 0.228 e. The van der Waals surface area contributed by atoms with Crippen molar-refractivity contribution in [1.82, 2.24) is 9.97 Å². The van der Waals surface area contributed by atoms with Gasteiger partial charge in [0.25, 0.3) is 0 Å². The third-order valence-corrected chi connectivity index (χ3v) is 11.2. The monoisotopic (exact) mass is 725 g/mol. The lowest BCUT2D eigenvalue weighted by atomic mass is 9.67. The smallest absolute Gasteiger partial charge is 0.160 e. The molecular formula is C54H35N3. The Morgan fingerprint density at radius 3 is 1.30 bits per heavy atom. The minimum Gasteiger partial charge on any atom is -0.228 e. The van der Waals surface area contributed by atoms with Gasteiger partial charge in [-0.1, -0.05) is 182 Å². The van der Waals surface area contributed by atoms with Gasteiger partial charge in [-0.2, -0.15) is 5.26 Å². The summed E-state index contributed by atoms with van der Waals surface area (Å²) in [5.41, 5.74) is 16.8. The van der Waals surface area contributed by atoms with E-state index in [9.17, 15) is 5.26 Å². The summed E-state index contributed by atoms with van der Waals surface area (Å²) in [5.74, 6) is 0.703. The third kappa shape index (κ3) is 5.92. The second-order valence-corrected chi connectivity index (χ2v) is 14.5. The molecule has 0 atom stereocenters. The standard InChI is InChI=1S/C54H35N3/c55-36-37-25-27-38(28-26-37)43-17-11-19-45(33-43)54(49-23-9-7-21-47(49)48-22-8-10-24-50(48)54)46-20-12-18-44(34-46)39-29-31-41(32-30-39)52-35-51(40-13-3-1-4-14-40)56-53(57-52)42-15-5-2-6-16-42/h1-35H. The van der Waals surface area contributed by atoms with E-state index in [2.05, 4.69) is 158 Å². The van der Waals surface area contributed by atoms with Crippen molar-refractivity contribution in [3.8, 4) is 73.4 Å². The van der Waals surface area contributed by atoms with Crippen molar-refractivity contribution in [1.29, 1.82) is 5.26 Å². The van der Waals surface area contributed by atoms with Gasteiger partial charge in [-0.15, -0.1) is 0 Å². The maximum absolute atomic E-state index is 9.45. The molecule has 1 heterocycles. The summed E-state index contributed by atoms with van der Waals surface area (Å²) in [5, 5.41) is 9.45. The topological polar surface area (TPSA) is 49.6 Å². The molecule has 1 aliphatic carbocycles. The number of benzene rings is 8. The van der Waals surface area contributed by atoms with E-state index < -0.39 is 5.41 Å². The maximum atomic E-state index is 9.45. The summed E-state index contributed by atoms with van der Waals surface area (Å²) >= 11 is 0. The summed E-state index contributed by atoms with van der Waals surface area (Å²) < 4.78 is 0. The lowest BCUT2D eigenvalue weighted by molar-refractivity contribution is 0.769. The predicted molar refractivity (Wildman–Crippen MR) is 231 cm³/mol. The molecule has 1 aliphatic rings. The third-order valence-electron chi connectivity index (χ3n) is 11.2. The number of aromatic nitrogens is 2. The fourth-order valence-corrected chi connectivity index (χ4v) is 8.53. The van der Waals surface area contributed by atoms with Crippen LogP contribution < -0.4 is 0 Å². The van der Waals surface area contributed by atoms with Crippen molar-refractivity contribution in [2.45, 2.75) is 5.41 Å². The van der Waals surface area contributed by atoms with Gasteiger partial charge < -0.3 is 0 Å². The lowest BCUT2D eigenvalue weighted by Gasteiger charge is -2.34. The molecular weight excluding hydrogens is 691 g/mol. The molecule has 0 amide bonds. The molecule has 1 aromatic heterocycles. The normalized spacial score (nSPS) is 12.3. The summed E-state index contributed by atoms with van der Waals surface area (Å²) in [6.07, 6.45) is 0. The van der Waals surface area contributed by atoms with Crippen molar-refractivity contribution in [2.75, 3.05) is 0 Å². The Morgan fingerprint density at radius 1 is 0.351 bits per heavy atom. The number of rotatable bonds is 7. The SMILES string of the molecule is N#Cc1ccc(-c2cccc(C3(c4cccc(-c5ccc(-c6cc(-c7ccccc7)nc(-c7ccccc7)n6)cc5)c4)c4ccccc4-c4ccccc43)c2)cc1. The van der Waals surface area contributed by atoms with Gasteiger partial charge in [0, 0.05) is 16.7 Å². The number of hydrogen-bond donors (Lipinski definition) is 0. The highest BCUT2D eigenvalue weighted by Crippen LogP contribution is 2.56. The highest BCUT2D eigenvalue weighted by atomic mass is 14.9. The molecule has 9 aromatic rings. The van der Waals surface area contributed by atoms with Crippen LogP contribution in [0.4, 0.5) is 0 Å². The minimum absolute atomic E-state index is 0.561. The molecule has 266 valence electrons. The van der Waals surface area contributed by atoms with Crippen molar-refractivity contribution in [3.05, 3.63) is 240 Å². The van der Waals surface area contributed by atoms with Gasteiger partial charge in [0.1, 0.15) is 0 Å². The van der Waals surface area contributed by atoms with E-state index in [0.717, 1.165) is 50.3 Å². The Morgan fingerprint density at radius 2 is 0.772 bits per heavy atom. The molecule has 0 radical (unpaired) electrons. The first-order chi connectivity index (χ1) is 28.2. The molecule has 8 aromatic carbocycles. The van der Waals surface area contributed by atoms with Crippen LogP contribution in [-0.4, -0.2) is 9.97 Å². The summed E-state index contributed by atoms with van der Waals surface area (Å²) in [6.45, 7) is 0. The summed E-state index contributed by atoms with van der Waals surface area (Å²) in [4.78, 5) is 10.0. The molecule has 0 unspecified atom stereocenters. The lowest BCUT2D eigenvalue weighted by Crippen LogP contribution is -2.28. The van der Waals surface area contributed by atoms with Crippen LogP contribution >= 0.6 is 0 Å². The highest BCUT2D eigenvalue weighted by Gasteiger charge is 2.46. The highest BCUT2D eigenvalue weighted by molar-refractivity contribution is 5.87. The Labute approximate surface area is 332 Å². The van der Waals surface area contributed by atoms with Crippen LogP contribution in [0.2, 0.25) is 0 Å². The fourth-order valence-electron chi connectivity index (χ4n) is 8.53. The summed E-state index contributed by atoms with van der Waals surface area (Å²) in [7, 11) is 0. The molecule has 3 heteroatoms. The van der Waals surface area contributed by atoms with Crippen molar-refractivity contribution in [2.24, 2.45) is 0 Å². The van der Waals surface area contributed by atoms with E-state index in [4.69, 9.17) is 9.97 Å². The van der Waals surface area contributed by atoms with Crippen LogP contribution in [0, 0.1) is 11.3 Å². The Hall–Kier alpha value is -7.67. The molecule has 0 saturated carbocycles. The van der Waals surface area contributed by atoms with E-state index in [1.165, 1.54) is 33.4 Å². The average molecular weight is 726 g/mol. The number of fused-ring (bicyclic) bond motifs is 3. The predicted octanol–water partition coefficient (Wildman–Crippen LogP) is 13.0. The van der Waals surface area contributed by atoms with Gasteiger partial charge in [-0.3, -0.25) is 0 Å². The molecule has 57 heavy (non-hydrogen) atoms. The molecule has 0 spiro atoms. The number of hydrogen-bond acceptors (Lipinski definition) is 3. The van der Waals surface area contributed by atoms with Crippen LogP contribution in [0.1, 0.15) is 27.8 Å². The van der Waals surface area contributed by atoms with E-state index in [-0.39, 0.29) is 0 Å². The van der Waals surface area contributed by atoms with E-state index >= 15 is 0 Å². The maximum Gasteiger partial charge on any atom is 0.160 e. The Bertz CT molecular complexity index is 2840. The molecule has 10 rings (SSSR count). The molecule has 3 nitrogen and oxygen atoms in total. The van der Waals surface area contributed by atoms with Crippen LogP contribution in [0.25, 0.3) is 67.3 Å². The van der Waals surface area contributed by atoms with E-state index in [1.807, 2.05) is 60.7 Å². The fraction of sp³-hybridized carbons (Fsp3) is 0.0185. The first-order valence-electron chi connectivity index (χ1n) is 19.2. The van der Waals surface area contributed by atoms with Crippen LogP contribution in [0.5, 0.6) is 0 Å². The first-order valence-corrected chi connectivity index (χ1v) is 19.2. The zero-order valence-electron chi connectivity index (χ0n) is 31.0. The van der Waals surface area contributed by atoms with Gasteiger partial charge in [-0.05, 0) is 86.0 Å². The number of nitriles is 1. The molecule has 0 saturated heterocycles. The quantitative estimate of drug-likeness (QED) is 0.164. The molecule has 0 bridgehead atoms. The average Bonchev–Trinajstić information content (AvgIpc) is 3.61. The van der Waals surface area contributed by atoms with Crippen molar-refractivity contribution in [3.63, 3.8) is 0 Å². The van der Waals surface area contributed by atoms with Gasteiger partial charge in [0.05, 0.1) is 28.4 Å². The summed E-state index contributed by atoms with van der Waals surface area (Å²) in [6, 6.07) is 77.1.